The second-order valence-electron chi connectivity index (χ2n) is 9.76. The lowest BCUT2D eigenvalue weighted by atomic mass is 9.79. The van der Waals surface area contributed by atoms with Gasteiger partial charge >= 0.3 is 83.2 Å². The highest BCUT2D eigenvalue weighted by Gasteiger charge is 3.01. The first kappa shape index (κ1) is 47.3. The second-order valence-corrected chi connectivity index (χ2v) is 9.76. The van der Waals surface area contributed by atoms with Gasteiger partial charge in [-0.3, -0.25) is 0 Å². The Balaban J connectivity index is 7.39. The highest BCUT2D eigenvalue weighted by atomic mass is 19.4. The van der Waals surface area contributed by atoms with Crippen molar-refractivity contribution >= 4 is 5.97 Å². The number of aliphatic hydroxyl groups is 1. The quantitative estimate of drug-likeness (QED) is 0.102. The van der Waals surface area contributed by atoms with Crippen LogP contribution < -0.4 is 0 Å². The summed E-state index contributed by atoms with van der Waals surface area (Å²) >= 11 is 0. The predicted octanol–water partition coefficient (Wildman–Crippen LogP) is 9.04. The summed E-state index contributed by atoms with van der Waals surface area (Å²) in [5, 5.41) is 9.13. The average molecular weight is 812 g/mol. The number of halogens is 27. The number of carbonyl (C=O) groups is 1. The Hall–Kier alpha value is -2.72. The van der Waals surface area contributed by atoms with Crippen LogP contribution in [-0.4, -0.2) is 101 Å². The van der Waals surface area contributed by atoms with Gasteiger partial charge in [0.1, 0.15) is 6.61 Å². The summed E-state index contributed by atoms with van der Waals surface area (Å²) in [6.07, 6.45) is -24.6. The van der Waals surface area contributed by atoms with Crippen LogP contribution >= 0.6 is 0 Å². The van der Waals surface area contributed by atoms with E-state index >= 15 is 0 Å². The third-order valence-corrected chi connectivity index (χ3v) is 6.08. The van der Waals surface area contributed by atoms with E-state index in [1.54, 1.807) is 0 Å². The van der Waals surface area contributed by atoms with E-state index in [0.717, 1.165) is 6.92 Å². The molecule has 3 nitrogen and oxygen atoms in total. The summed E-state index contributed by atoms with van der Waals surface area (Å²) in [6, 6.07) is 0. The van der Waals surface area contributed by atoms with Crippen molar-refractivity contribution in [2.45, 2.75) is 96.7 Å². The summed E-state index contributed by atoms with van der Waals surface area (Å²) in [5.41, 5.74) is -10.4. The molecule has 0 aliphatic carbocycles. The van der Waals surface area contributed by atoms with Gasteiger partial charge in [-0.05, 0) is 6.92 Å². The SMILES string of the molecule is C=C(C)C(=O)OCC(O)CC(F)(F)C(F)(F)C(F)(F)C(F)(F)C(F)(F)C(F)(F)C(F)(F)C(F)(F)C(F)(F)C(F)(C(F)(F)F)C(F)(F)C(F)(F)F. The Bertz CT molecular complexity index is 1260. The van der Waals surface area contributed by atoms with Crippen LogP contribution in [0.1, 0.15) is 13.3 Å². The van der Waals surface area contributed by atoms with Crippen LogP contribution in [0.2, 0.25) is 0 Å². The minimum atomic E-state index is -9.98. The molecule has 0 spiro atoms. The third kappa shape index (κ3) is 6.24. The summed E-state index contributed by atoms with van der Waals surface area (Å²) < 4.78 is 369. The maximum Gasteiger partial charge on any atom is 0.457 e. The molecule has 50 heavy (non-hydrogen) atoms. The zero-order valence-corrected chi connectivity index (χ0v) is 22.7. The molecule has 0 amide bonds. The van der Waals surface area contributed by atoms with E-state index < -0.39 is 108 Å². The molecule has 0 bridgehead atoms. The van der Waals surface area contributed by atoms with Gasteiger partial charge < -0.3 is 9.84 Å². The molecule has 0 rings (SSSR count). The van der Waals surface area contributed by atoms with Gasteiger partial charge in [0.15, 0.2) is 0 Å². The van der Waals surface area contributed by atoms with Crippen LogP contribution in [0.4, 0.5) is 119 Å². The molecular weight excluding hydrogens is 801 g/mol. The van der Waals surface area contributed by atoms with Gasteiger partial charge in [0.05, 0.1) is 6.10 Å². The van der Waals surface area contributed by atoms with Crippen molar-refractivity contribution in [3.63, 3.8) is 0 Å². The molecule has 0 aliphatic rings. The summed E-state index contributed by atoms with van der Waals surface area (Å²) in [5.74, 6) is -94.7. The molecule has 0 fully saturated rings. The summed E-state index contributed by atoms with van der Waals surface area (Å²) in [4.78, 5) is 11.0. The van der Waals surface area contributed by atoms with Crippen LogP contribution in [-0.2, 0) is 9.53 Å². The van der Waals surface area contributed by atoms with Crippen LogP contribution in [0.25, 0.3) is 0 Å². The number of aliphatic hydroxyl groups excluding tert-OH is 1. The monoisotopic (exact) mass is 812 g/mol. The first-order chi connectivity index (χ1) is 21.2. The molecule has 0 saturated heterocycles. The fourth-order valence-electron chi connectivity index (χ4n) is 3.16. The van der Waals surface area contributed by atoms with Crippen molar-refractivity contribution in [3.05, 3.63) is 12.2 Å². The van der Waals surface area contributed by atoms with E-state index in [4.69, 9.17) is 5.11 Å². The van der Waals surface area contributed by atoms with Crippen LogP contribution in [0, 0.1) is 0 Å². The summed E-state index contributed by atoms with van der Waals surface area (Å²) in [6.45, 7) is 1.55. The van der Waals surface area contributed by atoms with Gasteiger partial charge in [-0.15, -0.1) is 0 Å². The first-order valence-corrected chi connectivity index (χ1v) is 11.3. The van der Waals surface area contributed by atoms with E-state index in [0.29, 0.717) is 0 Å². The Morgan fingerprint density at radius 3 is 1.04 bits per heavy atom. The molecule has 0 aromatic heterocycles. The number of hydrogen-bond acceptors (Lipinski definition) is 3. The Morgan fingerprint density at radius 2 is 0.780 bits per heavy atom. The van der Waals surface area contributed by atoms with Crippen molar-refractivity contribution in [2.75, 3.05) is 6.61 Å². The van der Waals surface area contributed by atoms with Gasteiger partial charge in [-0.2, -0.15) is 114 Å². The van der Waals surface area contributed by atoms with Gasteiger partial charge in [-0.25, -0.2) is 9.18 Å². The van der Waals surface area contributed by atoms with Gasteiger partial charge in [0.2, 0.25) is 0 Å². The number of rotatable bonds is 15. The zero-order valence-electron chi connectivity index (χ0n) is 22.7. The molecule has 2 unspecified atom stereocenters. The normalized spacial score (nSPS) is 17.7. The van der Waals surface area contributed by atoms with E-state index in [2.05, 4.69) is 11.3 Å². The van der Waals surface area contributed by atoms with E-state index in [-0.39, 0.29) is 0 Å². The fraction of sp³-hybridized carbons (Fsp3) is 0.850. The van der Waals surface area contributed by atoms with Gasteiger partial charge in [-0.1, -0.05) is 6.58 Å². The molecule has 0 aliphatic heterocycles. The number of hydrogen-bond donors (Lipinski definition) is 1. The fourth-order valence-corrected chi connectivity index (χ4v) is 3.16. The largest absolute Gasteiger partial charge is 0.460 e. The molecule has 0 radical (unpaired) electrons. The maximum atomic E-state index is 13.9. The molecule has 298 valence electrons. The second kappa shape index (κ2) is 12.5. The first-order valence-electron chi connectivity index (χ1n) is 11.3. The van der Waals surface area contributed by atoms with Crippen molar-refractivity contribution in [3.8, 4) is 0 Å². The number of esters is 1. The maximum absolute atomic E-state index is 13.9. The lowest BCUT2D eigenvalue weighted by Gasteiger charge is -2.47. The standard InChI is InChI=1S/C20H11F27O3/c1-5(2)7(49)50-4-6(48)3-8(21,22)10(24,25)13(30,31)15(34,35)17(38,39)18(40,41)16(36,37)14(32,33)11(26,27)9(23,19(42,43)44)12(28,29)20(45,46)47/h6,48H,1,3-4H2,2H3. The van der Waals surface area contributed by atoms with Gasteiger partial charge in [0, 0.05) is 12.0 Å². The highest BCUT2D eigenvalue weighted by Crippen LogP contribution is 2.69. The van der Waals surface area contributed by atoms with Crippen molar-refractivity contribution in [2.24, 2.45) is 0 Å². The third-order valence-electron chi connectivity index (χ3n) is 6.08. The lowest BCUT2D eigenvalue weighted by molar-refractivity contribution is -0.489. The molecule has 2 atom stereocenters. The minimum Gasteiger partial charge on any atom is -0.460 e. The molecule has 0 aromatic carbocycles. The highest BCUT2D eigenvalue weighted by molar-refractivity contribution is 5.86. The summed E-state index contributed by atoms with van der Waals surface area (Å²) in [7, 11) is 0. The number of ether oxygens (including phenoxy) is 1. The average Bonchev–Trinajstić information content (AvgIpc) is 2.88. The topological polar surface area (TPSA) is 46.5 Å². The number of alkyl halides is 27. The smallest absolute Gasteiger partial charge is 0.457 e. The Morgan fingerprint density at radius 1 is 0.500 bits per heavy atom. The molecule has 0 aromatic rings. The molecule has 0 saturated carbocycles. The van der Waals surface area contributed by atoms with Crippen LogP contribution in [0.15, 0.2) is 12.2 Å². The molecule has 1 N–H and O–H groups in total. The lowest BCUT2D eigenvalue weighted by Crippen LogP contribution is -2.81. The van der Waals surface area contributed by atoms with E-state index in [9.17, 15) is 123 Å². The number of carbonyl (C=O) groups excluding carboxylic acids is 1. The predicted molar refractivity (Wildman–Crippen MR) is 102 cm³/mol. The van der Waals surface area contributed by atoms with Crippen molar-refractivity contribution < 1.29 is 133 Å². The van der Waals surface area contributed by atoms with Crippen LogP contribution in [0.5, 0.6) is 0 Å². The van der Waals surface area contributed by atoms with E-state index in [1.165, 1.54) is 0 Å². The Kier molecular flexibility index (Phi) is 11.8. The minimum absolute atomic E-state index is 0.687. The van der Waals surface area contributed by atoms with Crippen molar-refractivity contribution in [1.29, 1.82) is 0 Å². The van der Waals surface area contributed by atoms with Crippen LogP contribution in [0.3, 0.4) is 0 Å². The van der Waals surface area contributed by atoms with Gasteiger partial charge in [0.25, 0.3) is 0 Å². The Labute approximate surface area is 256 Å². The van der Waals surface area contributed by atoms with Crippen molar-refractivity contribution in [1.82, 2.24) is 0 Å². The molecular formula is C20H11F27O3. The zero-order chi connectivity index (χ0) is 41.4. The molecule has 0 heterocycles. The van der Waals surface area contributed by atoms with E-state index in [1.807, 2.05) is 0 Å². The molecule has 30 heteroatoms.